The minimum atomic E-state index is -1.48. The van der Waals surface area contributed by atoms with Crippen molar-refractivity contribution in [2.45, 2.75) is 25.7 Å². The summed E-state index contributed by atoms with van der Waals surface area (Å²) in [6.07, 6.45) is 0.596. The molecule has 6 nitrogen and oxygen atoms in total. The Hall–Kier alpha value is -2.70. The molecule has 0 saturated carbocycles. The molecule has 27 heavy (non-hydrogen) atoms. The highest BCUT2D eigenvalue weighted by Gasteiger charge is 2.40. The number of carbonyl (C=O) groups excluding carboxylic acids is 1. The first-order chi connectivity index (χ1) is 12.9. The normalized spacial score (nSPS) is 17.6. The van der Waals surface area contributed by atoms with Crippen molar-refractivity contribution >= 4 is 23.3 Å². The molecule has 3 rings (SSSR count). The van der Waals surface area contributed by atoms with Crippen LogP contribution in [0.5, 0.6) is 5.75 Å². The Labute approximate surface area is 162 Å². The summed E-state index contributed by atoms with van der Waals surface area (Å²) in [6.45, 7) is 5.88. The molecule has 1 aliphatic rings. The van der Waals surface area contributed by atoms with Crippen LogP contribution in [0.2, 0.25) is 0 Å². The zero-order chi connectivity index (χ0) is 19.6. The van der Waals surface area contributed by atoms with Crippen molar-refractivity contribution in [1.82, 2.24) is 0 Å². The minimum absolute atomic E-state index is 0.162. The summed E-state index contributed by atoms with van der Waals surface area (Å²) < 4.78 is 15.7. The molecule has 1 aromatic heterocycles. The van der Waals surface area contributed by atoms with Gasteiger partial charge in [0.2, 0.25) is 6.29 Å². The molecule has 0 spiro atoms. The van der Waals surface area contributed by atoms with Crippen LogP contribution < -0.4 is 9.64 Å². The largest absolute Gasteiger partial charge is 0.497 e. The van der Waals surface area contributed by atoms with Crippen molar-refractivity contribution < 1.29 is 23.8 Å². The van der Waals surface area contributed by atoms with E-state index in [1.807, 2.05) is 13.0 Å². The molecule has 1 N–H and O–H groups in total. The first-order valence-electron chi connectivity index (χ1n) is 8.32. The van der Waals surface area contributed by atoms with Crippen LogP contribution >= 0.6 is 11.6 Å². The Balaban J connectivity index is 2.16. The zero-order valence-electron chi connectivity index (χ0n) is 15.0. The Morgan fingerprint density at radius 2 is 2.07 bits per heavy atom. The molecule has 2 aromatic rings. The molecule has 7 heteroatoms. The van der Waals surface area contributed by atoms with Crippen LogP contribution in [0.3, 0.4) is 0 Å². The van der Waals surface area contributed by atoms with Crippen LogP contribution in [0.15, 0.2) is 70.0 Å². The summed E-state index contributed by atoms with van der Waals surface area (Å²) in [5.74, 6) is 0.538. The van der Waals surface area contributed by atoms with Gasteiger partial charge in [-0.15, -0.1) is 6.58 Å². The van der Waals surface area contributed by atoms with Crippen LogP contribution in [0, 0.1) is 0 Å². The molecule has 2 atom stereocenters. The molecule has 2 heterocycles. The monoisotopic (exact) mass is 389 g/mol. The van der Waals surface area contributed by atoms with Crippen LogP contribution in [0.4, 0.5) is 5.69 Å². The molecular weight excluding hydrogens is 370 g/mol. The molecule has 0 bridgehead atoms. The van der Waals surface area contributed by atoms with E-state index in [9.17, 15) is 9.90 Å². The van der Waals surface area contributed by atoms with Gasteiger partial charge in [-0.05, 0) is 49.7 Å². The average Bonchev–Trinajstić information content (AvgIpc) is 3.25. The fourth-order valence-electron chi connectivity index (χ4n) is 3.01. The third kappa shape index (κ3) is 3.86. The summed E-state index contributed by atoms with van der Waals surface area (Å²) in [7, 11) is 1.58. The maximum atomic E-state index is 11.9. The van der Waals surface area contributed by atoms with E-state index in [1.54, 1.807) is 48.6 Å². The molecular formula is C20H20ClNO5. The van der Waals surface area contributed by atoms with Crippen molar-refractivity contribution in [3.8, 4) is 5.75 Å². The lowest BCUT2D eigenvalue weighted by Gasteiger charge is -2.34. The van der Waals surface area contributed by atoms with Gasteiger partial charge < -0.3 is 23.9 Å². The van der Waals surface area contributed by atoms with Gasteiger partial charge >= 0.3 is 5.97 Å². The number of halogens is 1. The fourth-order valence-corrected chi connectivity index (χ4v) is 3.24. The van der Waals surface area contributed by atoms with E-state index in [1.165, 1.54) is 0 Å². The van der Waals surface area contributed by atoms with Gasteiger partial charge in [0, 0.05) is 5.69 Å². The van der Waals surface area contributed by atoms with Gasteiger partial charge in [-0.25, -0.2) is 4.79 Å². The summed E-state index contributed by atoms with van der Waals surface area (Å²) >= 11 is 6.19. The first kappa shape index (κ1) is 19.1. The minimum Gasteiger partial charge on any atom is -0.497 e. The highest BCUT2D eigenvalue weighted by molar-refractivity contribution is 6.42. The number of carbonyl (C=O) groups is 1. The third-order valence-electron chi connectivity index (χ3n) is 4.19. The van der Waals surface area contributed by atoms with Gasteiger partial charge in [0.1, 0.15) is 17.2 Å². The number of ether oxygens (including phenoxy) is 2. The van der Waals surface area contributed by atoms with Gasteiger partial charge in [0.25, 0.3) is 0 Å². The zero-order valence-corrected chi connectivity index (χ0v) is 15.8. The molecule has 1 aliphatic heterocycles. The van der Waals surface area contributed by atoms with E-state index < -0.39 is 18.3 Å². The molecule has 0 radical (unpaired) electrons. The van der Waals surface area contributed by atoms with Gasteiger partial charge in [0.05, 0.1) is 19.4 Å². The smallest absolute Gasteiger partial charge is 0.354 e. The molecule has 142 valence electrons. The molecule has 0 fully saturated rings. The van der Waals surface area contributed by atoms with E-state index in [-0.39, 0.29) is 10.7 Å². The van der Waals surface area contributed by atoms with Crippen LogP contribution in [-0.2, 0) is 9.53 Å². The first-order valence-corrected chi connectivity index (χ1v) is 8.70. The second-order valence-electron chi connectivity index (χ2n) is 6.22. The number of hydrogen-bond acceptors (Lipinski definition) is 6. The van der Waals surface area contributed by atoms with E-state index >= 15 is 0 Å². The second kappa shape index (κ2) is 7.90. The number of aliphatic hydroxyl groups excluding tert-OH is 1. The van der Waals surface area contributed by atoms with Crippen LogP contribution in [-0.4, -0.2) is 24.5 Å². The Bertz CT molecular complexity index is 857. The van der Waals surface area contributed by atoms with Gasteiger partial charge in [0.15, 0.2) is 5.03 Å². The van der Waals surface area contributed by atoms with E-state index in [0.29, 0.717) is 23.6 Å². The SMILES string of the molecule is C=C(C)CC(c1ccco1)N(C1=C(Cl)C(=O)OC1O)c1ccc(OC)cc1. The van der Waals surface area contributed by atoms with Crippen molar-refractivity contribution in [1.29, 1.82) is 0 Å². The quantitative estimate of drug-likeness (QED) is 0.567. The number of nitrogens with zero attached hydrogens (tertiary/aromatic N) is 1. The predicted molar refractivity (Wildman–Crippen MR) is 101 cm³/mol. The van der Waals surface area contributed by atoms with Crippen molar-refractivity contribution in [2.24, 2.45) is 0 Å². The Morgan fingerprint density at radius 3 is 2.56 bits per heavy atom. The summed E-state index contributed by atoms with van der Waals surface area (Å²) in [5, 5.41) is 10.2. The number of aliphatic hydroxyl groups is 1. The van der Waals surface area contributed by atoms with Gasteiger partial charge in [-0.3, -0.25) is 0 Å². The lowest BCUT2D eigenvalue weighted by molar-refractivity contribution is -0.151. The summed E-state index contributed by atoms with van der Waals surface area (Å²) in [4.78, 5) is 13.6. The highest BCUT2D eigenvalue weighted by Crippen LogP contribution is 2.40. The summed E-state index contributed by atoms with van der Waals surface area (Å²) in [6, 6.07) is 10.4. The Kier molecular flexibility index (Phi) is 5.58. The number of benzene rings is 1. The van der Waals surface area contributed by atoms with Crippen molar-refractivity contribution in [3.63, 3.8) is 0 Å². The van der Waals surface area contributed by atoms with Crippen LogP contribution in [0.25, 0.3) is 0 Å². The maximum Gasteiger partial charge on any atom is 0.354 e. The third-order valence-corrected chi connectivity index (χ3v) is 4.54. The topological polar surface area (TPSA) is 72.1 Å². The van der Waals surface area contributed by atoms with E-state index in [2.05, 4.69) is 6.58 Å². The number of hydrogen-bond donors (Lipinski definition) is 1. The number of esters is 1. The maximum absolute atomic E-state index is 11.9. The lowest BCUT2D eigenvalue weighted by atomic mass is 10.0. The van der Waals surface area contributed by atoms with Crippen molar-refractivity contribution in [3.05, 3.63) is 71.3 Å². The number of rotatable bonds is 7. The molecule has 0 amide bonds. The number of cyclic esters (lactones) is 1. The van der Waals surface area contributed by atoms with Crippen LogP contribution in [0.1, 0.15) is 25.1 Å². The lowest BCUT2D eigenvalue weighted by Crippen LogP contribution is -2.33. The molecule has 0 aliphatic carbocycles. The molecule has 2 unspecified atom stereocenters. The fraction of sp³-hybridized carbons (Fsp3) is 0.250. The van der Waals surface area contributed by atoms with E-state index in [4.69, 9.17) is 25.5 Å². The highest BCUT2D eigenvalue weighted by atomic mass is 35.5. The molecule has 0 saturated heterocycles. The number of anilines is 1. The standard InChI is InChI=1S/C20H20ClNO5/c1-12(2)11-15(16-5-4-10-26-16)22(13-6-8-14(25-3)9-7-13)18-17(21)19(23)27-20(18)24/h4-10,15,20,24H,1,11H2,2-3H3. The summed E-state index contributed by atoms with van der Waals surface area (Å²) in [5.41, 5.74) is 1.74. The van der Waals surface area contributed by atoms with Gasteiger partial charge in [-0.1, -0.05) is 17.2 Å². The average molecular weight is 390 g/mol. The van der Waals surface area contributed by atoms with E-state index in [0.717, 1.165) is 5.57 Å². The second-order valence-corrected chi connectivity index (χ2v) is 6.60. The molecule has 1 aromatic carbocycles. The van der Waals surface area contributed by atoms with Gasteiger partial charge in [-0.2, -0.15) is 0 Å². The number of furan rings is 1. The van der Waals surface area contributed by atoms with Crippen molar-refractivity contribution in [2.75, 3.05) is 12.0 Å². The Morgan fingerprint density at radius 1 is 1.37 bits per heavy atom. The number of methoxy groups -OCH3 is 1. The predicted octanol–water partition coefficient (Wildman–Crippen LogP) is 4.13.